The third kappa shape index (κ3) is 4.04. The number of rotatable bonds is 3. The SMILES string of the molecule is O=C(O)C=CC(=O)NC1CCNCC1. The van der Waals surface area contributed by atoms with Crippen molar-refractivity contribution in [3.05, 3.63) is 12.2 Å². The number of amides is 1. The monoisotopic (exact) mass is 198 g/mol. The number of carboxylic acid groups (broad SMARTS) is 1. The highest BCUT2D eigenvalue weighted by atomic mass is 16.4. The molecule has 0 aromatic carbocycles. The van der Waals surface area contributed by atoms with Crippen LogP contribution in [0.15, 0.2) is 12.2 Å². The number of hydrogen-bond acceptors (Lipinski definition) is 3. The summed E-state index contributed by atoms with van der Waals surface area (Å²) in [7, 11) is 0. The summed E-state index contributed by atoms with van der Waals surface area (Å²) in [6.45, 7) is 1.79. The van der Waals surface area contributed by atoms with E-state index in [1.807, 2.05) is 0 Å². The van der Waals surface area contributed by atoms with Crippen molar-refractivity contribution in [3.63, 3.8) is 0 Å². The molecular weight excluding hydrogens is 184 g/mol. The molecule has 1 rings (SSSR count). The highest BCUT2D eigenvalue weighted by Crippen LogP contribution is 2.01. The van der Waals surface area contributed by atoms with Crippen molar-refractivity contribution in [2.24, 2.45) is 0 Å². The Morgan fingerprint density at radius 2 is 1.93 bits per heavy atom. The van der Waals surface area contributed by atoms with E-state index in [0.717, 1.165) is 38.1 Å². The molecule has 5 nitrogen and oxygen atoms in total. The van der Waals surface area contributed by atoms with Gasteiger partial charge in [0.1, 0.15) is 0 Å². The molecule has 0 spiro atoms. The van der Waals surface area contributed by atoms with Crippen LogP contribution in [0, 0.1) is 0 Å². The molecule has 1 aliphatic rings. The molecule has 5 heteroatoms. The van der Waals surface area contributed by atoms with Crippen molar-refractivity contribution in [1.82, 2.24) is 10.6 Å². The van der Waals surface area contributed by atoms with E-state index >= 15 is 0 Å². The summed E-state index contributed by atoms with van der Waals surface area (Å²) < 4.78 is 0. The Balaban J connectivity index is 2.28. The molecule has 1 fully saturated rings. The second kappa shape index (κ2) is 5.39. The maximum absolute atomic E-state index is 11.1. The van der Waals surface area contributed by atoms with E-state index in [1.165, 1.54) is 0 Å². The first-order valence-electron chi connectivity index (χ1n) is 4.60. The van der Waals surface area contributed by atoms with Gasteiger partial charge in [-0.25, -0.2) is 4.79 Å². The number of aliphatic carboxylic acids is 1. The van der Waals surface area contributed by atoms with E-state index in [2.05, 4.69) is 10.6 Å². The van der Waals surface area contributed by atoms with Crippen LogP contribution in [-0.4, -0.2) is 36.1 Å². The molecule has 0 atom stereocenters. The smallest absolute Gasteiger partial charge is 0.328 e. The van der Waals surface area contributed by atoms with E-state index < -0.39 is 5.97 Å². The standard InChI is InChI=1S/C9H14N2O3/c12-8(1-2-9(13)14)11-7-3-5-10-6-4-7/h1-2,7,10H,3-6H2,(H,11,12)(H,13,14). The summed E-state index contributed by atoms with van der Waals surface area (Å²) in [6, 6.07) is 0.169. The zero-order chi connectivity index (χ0) is 10.4. The van der Waals surface area contributed by atoms with Crippen LogP contribution >= 0.6 is 0 Å². The summed E-state index contributed by atoms with van der Waals surface area (Å²) in [5, 5.41) is 14.2. The van der Waals surface area contributed by atoms with E-state index in [0.29, 0.717) is 0 Å². The number of carbonyl (C=O) groups excluding carboxylic acids is 1. The summed E-state index contributed by atoms with van der Waals surface area (Å²) in [6.07, 6.45) is 3.68. The fraction of sp³-hybridized carbons (Fsp3) is 0.556. The highest BCUT2D eigenvalue weighted by molar-refractivity contribution is 5.93. The zero-order valence-electron chi connectivity index (χ0n) is 7.82. The Labute approximate surface area is 82.2 Å². The highest BCUT2D eigenvalue weighted by Gasteiger charge is 2.13. The molecule has 0 aromatic rings. The number of nitrogens with one attached hydrogen (secondary N) is 2. The van der Waals surface area contributed by atoms with E-state index in [4.69, 9.17) is 5.11 Å². The Bertz CT molecular complexity index is 244. The van der Waals surface area contributed by atoms with E-state index in [-0.39, 0.29) is 11.9 Å². The first-order chi connectivity index (χ1) is 6.68. The van der Waals surface area contributed by atoms with Crippen LogP contribution in [-0.2, 0) is 9.59 Å². The van der Waals surface area contributed by atoms with Gasteiger partial charge in [0.15, 0.2) is 0 Å². The van der Waals surface area contributed by atoms with Crippen LogP contribution in [0.25, 0.3) is 0 Å². The lowest BCUT2D eigenvalue weighted by Crippen LogP contribution is -2.42. The predicted octanol–water partition coefficient (Wildman–Crippen LogP) is -0.505. The lowest BCUT2D eigenvalue weighted by atomic mass is 10.1. The van der Waals surface area contributed by atoms with Gasteiger partial charge in [0.05, 0.1) is 0 Å². The van der Waals surface area contributed by atoms with Gasteiger partial charge in [-0.15, -0.1) is 0 Å². The molecule has 0 aliphatic carbocycles. The first kappa shape index (κ1) is 10.7. The summed E-state index contributed by atoms with van der Waals surface area (Å²) in [5.41, 5.74) is 0. The van der Waals surface area contributed by atoms with Crippen LogP contribution in [0.1, 0.15) is 12.8 Å². The molecule has 14 heavy (non-hydrogen) atoms. The number of piperidine rings is 1. The normalized spacial score (nSPS) is 18.3. The first-order valence-corrected chi connectivity index (χ1v) is 4.60. The maximum Gasteiger partial charge on any atom is 0.328 e. The van der Waals surface area contributed by atoms with E-state index in [1.54, 1.807) is 0 Å². The van der Waals surface area contributed by atoms with Crippen molar-refractivity contribution in [1.29, 1.82) is 0 Å². The van der Waals surface area contributed by atoms with Gasteiger partial charge >= 0.3 is 5.97 Å². The van der Waals surface area contributed by atoms with Gasteiger partial charge in [0.2, 0.25) is 5.91 Å². The molecule has 78 valence electrons. The van der Waals surface area contributed by atoms with Crippen LogP contribution in [0.2, 0.25) is 0 Å². The Hall–Kier alpha value is -1.36. The van der Waals surface area contributed by atoms with Crippen molar-refractivity contribution in [3.8, 4) is 0 Å². The lowest BCUT2D eigenvalue weighted by molar-refractivity contribution is -0.131. The molecule has 1 amide bonds. The van der Waals surface area contributed by atoms with Gasteiger partial charge in [0, 0.05) is 18.2 Å². The van der Waals surface area contributed by atoms with Gasteiger partial charge in [-0.1, -0.05) is 0 Å². The largest absolute Gasteiger partial charge is 0.478 e. The molecular formula is C9H14N2O3. The van der Waals surface area contributed by atoms with Gasteiger partial charge < -0.3 is 15.7 Å². The minimum atomic E-state index is -1.11. The number of carboxylic acids is 1. The molecule has 0 unspecified atom stereocenters. The van der Waals surface area contributed by atoms with Gasteiger partial charge in [0.25, 0.3) is 0 Å². The van der Waals surface area contributed by atoms with Crippen molar-refractivity contribution in [2.45, 2.75) is 18.9 Å². The summed E-state index contributed by atoms with van der Waals surface area (Å²) in [4.78, 5) is 21.3. The lowest BCUT2D eigenvalue weighted by Gasteiger charge is -2.22. The number of carbonyl (C=O) groups is 2. The van der Waals surface area contributed by atoms with Crippen LogP contribution in [0.5, 0.6) is 0 Å². The van der Waals surface area contributed by atoms with Crippen LogP contribution in [0.4, 0.5) is 0 Å². The maximum atomic E-state index is 11.1. The minimum Gasteiger partial charge on any atom is -0.478 e. The molecule has 0 bridgehead atoms. The molecule has 3 N–H and O–H groups in total. The second-order valence-electron chi connectivity index (χ2n) is 3.20. The fourth-order valence-electron chi connectivity index (χ4n) is 1.36. The Morgan fingerprint density at radius 3 is 2.50 bits per heavy atom. The quantitative estimate of drug-likeness (QED) is 0.534. The predicted molar refractivity (Wildman–Crippen MR) is 50.8 cm³/mol. The van der Waals surface area contributed by atoms with Crippen LogP contribution < -0.4 is 10.6 Å². The van der Waals surface area contributed by atoms with Crippen molar-refractivity contribution in [2.75, 3.05) is 13.1 Å². The van der Waals surface area contributed by atoms with Crippen molar-refractivity contribution >= 4 is 11.9 Å². The summed E-state index contributed by atoms with van der Waals surface area (Å²) in [5.74, 6) is -1.44. The molecule has 0 saturated carbocycles. The number of hydrogen-bond donors (Lipinski definition) is 3. The zero-order valence-corrected chi connectivity index (χ0v) is 7.82. The Morgan fingerprint density at radius 1 is 1.29 bits per heavy atom. The molecule has 0 radical (unpaired) electrons. The molecule has 1 aliphatic heterocycles. The third-order valence-electron chi connectivity index (χ3n) is 2.06. The molecule has 0 aromatic heterocycles. The Kier molecular flexibility index (Phi) is 4.12. The fourth-order valence-corrected chi connectivity index (χ4v) is 1.36. The van der Waals surface area contributed by atoms with Gasteiger partial charge in [-0.2, -0.15) is 0 Å². The van der Waals surface area contributed by atoms with Gasteiger partial charge in [-0.05, 0) is 25.9 Å². The average Bonchev–Trinajstić information content (AvgIpc) is 2.16. The minimum absolute atomic E-state index is 0.169. The molecule has 1 heterocycles. The third-order valence-corrected chi connectivity index (χ3v) is 2.06. The molecule has 1 saturated heterocycles. The van der Waals surface area contributed by atoms with Crippen LogP contribution in [0.3, 0.4) is 0 Å². The topological polar surface area (TPSA) is 78.4 Å². The van der Waals surface area contributed by atoms with Gasteiger partial charge in [-0.3, -0.25) is 4.79 Å². The van der Waals surface area contributed by atoms with E-state index in [9.17, 15) is 9.59 Å². The van der Waals surface area contributed by atoms with Crippen molar-refractivity contribution < 1.29 is 14.7 Å². The second-order valence-corrected chi connectivity index (χ2v) is 3.20. The summed E-state index contributed by atoms with van der Waals surface area (Å²) >= 11 is 0. The average molecular weight is 198 g/mol.